The fraction of sp³-hybridized carbons (Fsp3) is 0.148. The van der Waals surface area contributed by atoms with Gasteiger partial charge in [0.15, 0.2) is 0 Å². The predicted molar refractivity (Wildman–Crippen MR) is 127 cm³/mol. The van der Waals surface area contributed by atoms with Gasteiger partial charge in [-0.2, -0.15) is 0 Å². The van der Waals surface area contributed by atoms with E-state index < -0.39 is 29.5 Å². The molecule has 0 radical (unpaired) electrons. The largest absolute Gasteiger partial charge is 0.507 e. The normalized spacial score (nSPS) is 16.9. The first-order valence-corrected chi connectivity index (χ1v) is 10.8. The third-order valence-electron chi connectivity index (χ3n) is 5.65. The number of Topliss-reactive ketones (excluding diaryl/α,β-unsaturated/α-hetero) is 1. The molecule has 35 heavy (non-hydrogen) atoms. The molecule has 0 aromatic heterocycles. The van der Waals surface area contributed by atoms with Crippen LogP contribution in [0.15, 0.2) is 78.4 Å². The van der Waals surface area contributed by atoms with Crippen molar-refractivity contribution < 1.29 is 33.4 Å². The van der Waals surface area contributed by atoms with Gasteiger partial charge in [0.2, 0.25) is 0 Å². The average molecular weight is 475 g/mol. The van der Waals surface area contributed by atoms with E-state index >= 15 is 0 Å². The van der Waals surface area contributed by atoms with E-state index in [9.17, 15) is 23.9 Å². The van der Waals surface area contributed by atoms with Crippen LogP contribution in [0.2, 0.25) is 0 Å². The minimum absolute atomic E-state index is 0.138. The number of benzene rings is 3. The highest BCUT2D eigenvalue weighted by molar-refractivity contribution is 6.51. The fourth-order valence-corrected chi connectivity index (χ4v) is 3.94. The summed E-state index contributed by atoms with van der Waals surface area (Å²) in [7, 11) is 1.50. The quantitative estimate of drug-likeness (QED) is 0.242. The minimum Gasteiger partial charge on any atom is -0.507 e. The van der Waals surface area contributed by atoms with E-state index in [4.69, 9.17) is 9.47 Å². The van der Waals surface area contributed by atoms with Gasteiger partial charge in [0.25, 0.3) is 11.7 Å². The molecule has 0 unspecified atom stereocenters. The maximum atomic E-state index is 13.7. The van der Waals surface area contributed by atoms with Gasteiger partial charge >= 0.3 is 5.97 Å². The standard InChI is InChI=1S/C27H22FNO6/c1-3-35-27(33)18-6-12-20(13-7-18)29-23(16-4-10-19(28)11-5-16)22(25(31)26(29)32)24(30)17-8-14-21(34-2)15-9-17/h4-15,23,30H,3H2,1-2H3/t23-/m1/s1. The highest BCUT2D eigenvalue weighted by Gasteiger charge is 2.47. The van der Waals surface area contributed by atoms with E-state index in [1.165, 1.54) is 60.5 Å². The molecular formula is C27H22FNO6. The van der Waals surface area contributed by atoms with Gasteiger partial charge in [-0.15, -0.1) is 0 Å². The molecule has 3 aromatic carbocycles. The molecule has 8 heteroatoms. The number of aliphatic hydroxyl groups excluding tert-OH is 1. The molecule has 1 aliphatic rings. The molecule has 1 aliphatic heterocycles. The Hall–Kier alpha value is -4.46. The number of ketones is 1. The number of carbonyl (C=O) groups is 3. The number of ether oxygens (including phenoxy) is 2. The summed E-state index contributed by atoms with van der Waals surface area (Å²) in [5, 5.41) is 11.1. The van der Waals surface area contributed by atoms with Crippen LogP contribution in [0.5, 0.6) is 5.75 Å². The second-order valence-corrected chi connectivity index (χ2v) is 7.72. The second-order valence-electron chi connectivity index (χ2n) is 7.72. The smallest absolute Gasteiger partial charge is 0.338 e. The Bertz CT molecular complexity index is 1300. The fourth-order valence-electron chi connectivity index (χ4n) is 3.94. The third kappa shape index (κ3) is 4.50. The van der Waals surface area contributed by atoms with Crippen molar-refractivity contribution in [3.63, 3.8) is 0 Å². The Morgan fingerprint density at radius 2 is 1.54 bits per heavy atom. The van der Waals surface area contributed by atoms with Crippen molar-refractivity contribution in [3.05, 3.63) is 101 Å². The maximum Gasteiger partial charge on any atom is 0.338 e. The van der Waals surface area contributed by atoms with E-state index in [0.29, 0.717) is 22.6 Å². The number of anilines is 1. The molecule has 1 fully saturated rings. The number of hydrogen-bond donors (Lipinski definition) is 1. The van der Waals surface area contributed by atoms with Crippen molar-refractivity contribution in [2.75, 3.05) is 18.6 Å². The van der Waals surface area contributed by atoms with Gasteiger partial charge < -0.3 is 14.6 Å². The number of hydrogen-bond acceptors (Lipinski definition) is 6. The van der Waals surface area contributed by atoms with Gasteiger partial charge in [-0.3, -0.25) is 14.5 Å². The van der Waals surface area contributed by atoms with Crippen molar-refractivity contribution in [2.24, 2.45) is 0 Å². The first-order chi connectivity index (χ1) is 16.8. The number of amides is 1. The molecule has 7 nitrogen and oxygen atoms in total. The Labute approximate surface area is 201 Å². The molecule has 1 saturated heterocycles. The lowest BCUT2D eigenvalue weighted by Gasteiger charge is -2.25. The lowest BCUT2D eigenvalue weighted by atomic mass is 9.95. The summed E-state index contributed by atoms with van der Waals surface area (Å²) in [6.07, 6.45) is 0. The molecule has 0 bridgehead atoms. The van der Waals surface area contributed by atoms with Crippen molar-refractivity contribution in [1.82, 2.24) is 0 Å². The summed E-state index contributed by atoms with van der Waals surface area (Å²) >= 11 is 0. The van der Waals surface area contributed by atoms with Crippen LogP contribution in [0.1, 0.15) is 34.5 Å². The van der Waals surface area contributed by atoms with Crippen LogP contribution in [0.3, 0.4) is 0 Å². The minimum atomic E-state index is -1.02. The Morgan fingerprint density at radius 3 is 2.11 bits per heavy atom. The molecule has 0 saturated carbocycles. The summed E-state index contributed by atoms with van der Waals surface area (Å²) < 4.78 is 23.8. The zero-order chi connectivity index (χ0) is 25.1. The van der Waals surface area contributed by atoms with Crippen LogP contribution in [0, 0.1) is 5.82 Å². The van der Waals surface area contributed by atoms with Gasteiger partial charge in [-0.1, -0.05) is 12.1 Å². The van der Waals surface area contributed by atoms with Crippen molar-refractivity contribution in [1.29, 1.82) is 0 Å². The number of halogens is 1. The molecule has 1 heterocycles. The molecule has 4 rings (SSSR count). The first kappa shape index (κ1) is 23.7. The second kappa shape index (κ2) is 9.80. The van der Waals surface area contributed by atoms with Crippen molar-refractivity contribution in [3.8, 4) is 5.75 Å². The summed E-state index contributed by atoms with van der Waals surface area (Å²) in [6.45, 7) is 1.91. The highest BCUT2D eigenvalue weighted by Crippen LogP contribution is 2.42. The van der Waals surface area contributed by atoms with E-state index in [1.807, 2.05) is 0 Å². The Kier molecular flexibility index (Phi) is 6.64. The average Bonchev–Trinajstić information content (AvgIpc) is 3.14. The van der Waals surface area contributed by atoms with Gasteiger partial charge in [-0.05, 0) is 73.2 Å². The van der Waals surface area contributed by atoms with E-state index in [1.54, 1.807) is 31.2 Å². The van der Waals surface area contributed by atoms with E-state index in [0.717, 1.165) is 0 Å². The first-order valence-electron chi connectivity index (χ1n) is 10.8. The molecule has 178 valence electrons. The maximum absolute atomic E-state index is 13.7. The lowest BCUT2D eigenvalue weighted by Crippen LogP contribution is -2.29. The third-order valence-corrected chi connectivity index (χ3v) is 5.65. The number of esters is 1. The SMILES string of the molecule is CCOC(=O)c1ccc(N2C(=O)C(=O)C(=C(O)c3ccc(OC)cc3)[C@H]2c2ccc(F)cc2)cc1. The topological polar surface area (TPSA) is 93.1 Å². The van der Waals surface area contributed by atoms with E-state index in [-0.39, 0.29) is 23.5 Å². The summed E-state index contributed by atoms with van der Waals surface area (Å²) in [5.74, 6) is -2.57. The summed E-state index contributed by atoms with van der Waals surface area (Å²) in [5.41, 5.74) is 1.21. The number of nitrogens with zero attached hydrogens (tertiary/aromatic N) is 1. The Balaban J connectivity index is 1.84. The molecule has 1 N–H and O–H groups in total. The predicted octanol–water partition coefficient (Wildman–Crippen LogP) is 4.64. The van der Waals surface area contributed by atoms with Crippen LogP contribution in [-0.4, -0.2) is 36.5 Å². The van der Waals surface area contributed by atoms with Crippen LogP contribution in [-0.2, 0) is 14.3 Å². The lowest BCUT2D eigenvalue weighted by molar-refractivity contribution is -0.132. The van der Waals surface area contributed by atoms with Crippen LogP contribution < -0.4 is 9.64 Å². The molecule has 0 spiro atoms. The monoisotopic (exact) mass is 475 g/mol. The van der Waals surface area contributed by atoms with Gasteiger partial charge in [0.05, 0.1) is 30.9 Å². The van der Waals surface area contributed by atoms with Crippen LogP contribution in [0.25, 0.3) is 5.76 Å². The number of aliphatic hydroxyl groups is 1. The highest BCUT2D eigenvalue weighted by atomic mass is 19.1. The van der Waals surface area contributed by atoms with Crippen molar-refractivity contribution >= 4 is 29.1 Å². The van der Waals surface area contributed by atoms with Gasteiger partial charge in [0, 0.05) is 11.3 Å². The van der Waals surface area contributed by atoms with Crippen LogP contribution in [0.4, 0.5) is 10.1 Å². The molecular weight excluding hydrogens is 453 g/mol. The number of rotatable bonds is 6. The summed E-state index contributed by atoms with van der Waals surface area (Å²) in [6, 6.07) is 16.7. The van der Waals surface area contributed by atoms with E-state index in [2.05, 4.69) is 0 Å². The molecule has 0 aliphatic carbocycles. The Morgan fingerprint density at radius 1 is 0.943 bits per heavy atom. The summed E-state index contributed by atoms with van der Waals surface area (Å²) in [4.78, 5) is 39.6. The van der Waals surface area contributed by atoms with Crippen LogP contribution >= 0.6 is 0 Å². The number of methoxy groups -OCH3 is 1. The van der Waals surface area contributed by atoms with Crippen molar-refractivity contribution in [2.45, 2.75) is 13.0 Å². The molecule has 1 amide bonds. The molecule has 1 atom stereocenters. The zero-order valence-electron chi connectivity index (χ0n) is 19.0. The van der Waals surface area contributed by atoms with Gasteiger partial charge in [-0.25, -0.2) is 9.18 Å². The zero-order valence-corrected chi connectivity index (χ0v) is 19.0. The number of carbonyl (C=O) groups excluding carboxylic acids is 3. The van der Waals surface area contributed by atoms with Gasteiger partial charge in [0.1, 0.15) is 17.3 Å². The molecule has 3 aromatic rings.